The van der Waals surface area contributed by atoms with Crippen LogP contribution in [-0.2, 0) is 6.54 Å². The highest BCUT2D eigenvalue weighted by Crippen LogP contribution is 2.34. The number of hydrogen-bond donors (Lipinski definition) is 1. The van der Waals surface area contributed by atoms with Crippen molar-refractivity contribution in [2.45, 2.75) is 6.54 Å². The summed E-state index contributed by atoms with van der Waals surface area (Å²) in [6, 6.07) is 10.9. The lowest BCUT2D eigenvalue weighted by molar-refractivity contribution is 1.07. The Balaban J connectivity index is 2.66. The molecule has 0 amide bonds. The second-order valence-electron chi connectivity index (χ2n) is 3.63. The van der Waals surface area contributed by atoms with Crippen LogP contribution in [0.5, 0.6) is 0 Å². The van der Waals surface area contributed by atoms with Crippen LogP contribution in [-0.4, -0.2) is 0 Å². The molecule has 17 heavy (non-hydrogen) atoms. The molecule has 0 aromatic heterocycles. The monoisotopic (exact) mass is 285 g/mol. The van der Waals surface area contributed by atoms with Crippen LogP contribution in [0.3, 0.4) is 0 Å². The van der Waals surface area contributed by atoms with Crippen LogP contribution in [0.25, 0.3) is 11.1 Å². The first-order chi connectivity index (χ1) is 8.11. The van der Waals surface area contributed by atoms with Crippen molar-refractivity contribution in [2.75, 3.05) is 0 Å². The number of halogens is 3. The Morgan fingerprint density at radius 2 is 1.41 bits per heavy atom. The van der Waals surface area contributed by atoms with Crippen LogP contribution in [0.2, 0.25) is 15.1 Å². The molecule has 0 saturated heterocycles. The highest BCUT2D eigenvalue weighted by atomic mass is 35.5. The van der Waals surface area contributed by atoms with E-state index in [1.165, 1.54) is 0 Å². The molecule has 0 spiro atoms. The molecule has 2 rings (SSSR count). The first kappa shape index (κ1) is 12.7. The largest absolute Gasteiger partial charge is 0.326 e. The summed E-state index contributed by atoms with van der Waals surface area (Å²) in [6.07, 6.45) is 0. The van der Waals surface area contributed by atoms with E-state index in [0.29, 0.717) is 21.6 Å². The molecule has 2 N–H and O–H groups in total. The number of rotatable bonds is 2. The molecule has 0 aliphatic heterocycles. The van der Waals surface area contributed by atoms with Gasteiger partial charge >= 0.3 is 0 Å². The summed E-state index contributed by atoms with van der Waals surface area (Å²) < 4.78 is 0. The van der Waals surface area contributed by atoms with Crippen molar-refractivity contribution in [3.63, 3.8) is 0 Å². The van der Waals surface area contributed by atoms with Gasteiger partial charge in [-0.1, -0.05) is 40.9 Å². The van der Waals surface area contributed by atoms with Crippen molar-refractivity contribution in [3.05, 3.63) is 57.0 Å². The smallest absolute Gasteiger partial charge is 0.0485 e. The quantitative estimate of drug-likeness (QED) is 0.845. The zero-order valence-corrected chi connectivity index (χ0v) is 11.2. The molecule has 0 aliphatic rings. The number of benzene rings is 2. The lowest BCUT2D eigenvalue weighted by Crippen LogP contribution is -1.99. The van der Waals surface area contributed by atoms with Gasteiger partial charge in [-0.25, -0.2) is 0 Å². The van der Waals surface area contributed by atoms with Gasteiger partial charge < -0.3 is 5.73 Å². The Morgan fingerprint density at radius 3 is 2.06 bits per heavy atom. The van der Waals surface area contributed by atoms with Crippen LogP contribution < -0.4 is 5.73 Å². The minimum atomic E-state index is 0.426. The first-order valence-electron chi connectivity index (χ1n) is 5.05. The summed E-state index contributed by atoms with van der Waals surface area (Å²) in [6.45, 7) is 0.426. The fraction of sp³-hybridized carbons (Fsp3) is 0.0769. The van der Waals surface area contributed by atoms with Gasteiger partial charge in [-0.15, -0.1) is 0 Å². The van der Waals surface area contributed by atoms with Gasteiger partial charge in [-0.05, 0) is 41.5 Å². The third-order valence-corrected chi connectivity index (χ3v) is 3.31. The van der Waals surface area contributed by atoms with Crippen LogP contribution in [0.4, 0.5) is 0 Å². The topological polar surface area (TPSA) is 26.0 Å². The lowest BCUT2D eigenvalue weighted by atomic mass is 10.00. The molecule has 0 radical (unpaired) electrons. The molecule has 4 heteroatoms. The second kappa shape index (κ2) is 5.28. The summed E-state index contributed by atoms with van der Waals surface area (Å²) in [5.74, 6) is 0. The molecule has 0 aliphatic carbocycles. The summed E-state index contributed by atoms with van der Waals surface area (Å²) in [5, 5.41) is 1.91. The highest BCUT2D eigenvalue weighted by Gasteiger charge is 2.09. The van der Waals surface area contributed by atoms with Gasteiger partial charge in [0, 0.05) is 27.2 Å². The molecule has 2 aromatic rings. The van der Waals surface area contributed by atoms with Gasteiger partial charge in [0.2, 0.25) is 0 Å². The van der Waals surface area contributed by atoms with Crippen molar-refractivity contribution in [1.82, 2.24) is 0 Å². The Hall–Kier alpha value is -0.730. The predicted molar refractivity (Wildman–Crippen MR) is 74.8 cm³/mol. The summed E-state index contributed by atoms with van der Waals surface area (Å²) in [7, 11) is 0. The zero-order chi connectivity index (χ0) is 12.4. The fourth-order valence-electron chi connectivity index (χ4n) is 1.68. The number of nitrogens with two attached hydrogens (primary N) is 1. The van der Waals surface area contributed by atoms with E-state index in [0.717, 1.165) is 16.7 Å². The summed E-state index contributed by atoms with van der Waals surface area (Å²) in [5.41, 5.74) is 8.46. The number of hydrogen-bond acceptors (Lipinski definition) is 1. The molecule has 0 fully saturated rings. The molecule has 1 nitrogen and oxygen atoms in total. The molecule has 0 unspecified atom stereocenters. The summed E-state index contributed by atoms with van der Waals surface area (Å²) >= 11 is 18.1. The van der Waals surface area contributed by atoms with E-state index < -0.39 is 0 Å². The average Bonchev–Trinajstić information content (AvgIpc) is 2.32. The third-order valence-electron chi connectivity index (χ3n) is 2.51. The van der Waals surface area contributed by atoms with E-state index in [2.05, 4.69) is 0 Å². The van der Waals surface area contributed by atoms with Gasteiger partial charge in [0.25, 0.3) is 0 Å². The van der Waals surface area contributed by atoms with Crippen LogP contribution in [0, 0.1) is 0 Å². The lowest BCUT2D eigenvalue weighted by Gasteiger charge is -2.10. The van der Waals surface area contributed by atoms with E-state index in [9.17, 15) is 0 Å². The molecule has 0 heterocycles. The van der Waals surface area contributed by atoms with E-state index in [4.69, 9.17) is 40.5 Å². The van der Waals surface area contributed by atoms with Crippen LogP contribution in [0.1, 0.15) is 5.56 Å². The summed E-state index contributed by atoms with van der Waals surface area (Å²) in [4.78, 5) is 0. The molecule has 0 saturated carbocycles. The normalized spacial score (nSPS) is 10.6. The van der Waals surface area contributed by atoms with E-state index >= 15 is 0 Å². The van der Waals surface area contributed by atoms with E-state index in [1.807, 2.05) is 24.3 Å². The average molecular weight is 287 g/mol. The molecular weight excluding hydrogens is 277 g/mol. The SMILES string of the molecule is NCc1ccc(Cl)cc1-c1cc(Cl)ccc1Cl. The molecule has 2 aromatic carbocycles. The fourth-order valence-corrected chi connectivity index (χ4v) is 2.24. The Morgan fingerprint density at radius 1 is 0.824 bits per heavy atom. The maximum absolute atomic E-state index is 6.17. The van der Waals surface area contributed by atoms with Gasteiger partial charge in [0.1, 0.15) is 0 Å². The third kappa shape index (κ3) is 2.75. The second-order valence-corrected chi connectivity index (χ2v) is 4.91. The Bertz CT molecular complexity index is 552. The predicted octanol–water partition coefficient (Wildman–Crippen LogP) is 4.77. The van der Waals surface area contributed by atoms with Gasteiger partial charge in [0.15, 0.2) is 0 Å². The van der Waals surface area contributed by atoms with Crippen molar-refractivity contribution in [1.29, 1.82) is 0 Å². The zero-order valence-electron chi connectivity index (χ0n) is 8.88. The Kier molecular flexibility index (Phi) is 3.95. The Labute approximate surface area is 115 Å². The molecule has 0 bridgehead atoms. The molecule has 0 atom stereocenters. The van der Waals surface area contributed by atoms with Gasteiger partial charge in [-0.3, -0.25) is 0 Å². The maximum Gasteiger partial charge on any atom is 0.0485 e. The molecular formula is C13H10Cl3N. The van der Waals surface area contributed by atoms with Crippen LogP contribution >= 0.6 is 34.8 Å². The van der Waals surface area contributed by atoms with Crippen molar-refractivity contribution in [2.24, 2.45) is 5.73 Å². The maximum atomic E-state index is 6.17. The van der Waals surface area contributed by atoms with Gasteiger partial charge in [-0.2, -0.15) is 0 Å². The van der Waals surface area contributed by atoms with Crippen LogP contribution in [0.15, 0.2) is 36.4 Å². The standard InChI is InChI=1S/C13H10Cl3N/c14-9-2-1-8(7-17)11(5-9)12-6-10(15)3-4-13(12)16/h1-6H,7,17H2. The molecule has 88 valence electrons. The van der Waals surface area contributed by atoms with E-state index in [1.54, 1.807) is 12.1 Å². The van der Waals surface area contributed by atoms with Crippen molar-refractivity contribution < 1.29 is 0 Å². The minimum Gasteiger partial charge on any atom is -0.326 e. The first-order valence-corrected chi connectivity index (χ1v) is 6.19. The van der Waals surface area contributed by atoms with E-state index in [-0.39, 0.29) is 0 Å². The van der Waals surface area contributed by atoms with Gasteiger partial charge in [0.05, 0.1) is 0 Å². The highest BCUT2D eigenvalue weighted by molar-refractivity contribution is 6.35. The minimum absolute atomic E-state index is 0.426. The van der Waals surface area contributed by atoms with Crippen molar-refractivity contribution >= 4 is 34.8 Å². The van der Waals surface area contributed by atoms with Crippen molar-refractivity contribution in [3.8, 4) is 11.1 Å².